The highest BCUT2D eigenvalue weighted by Crippen LogP contribution is 2.46. The van der Waals surface area contributed by atoms with Gasteiger partial charge in [0.1, 0.15) is 0 Å². The van der Waals surface area contributed by atoms with Gasteiger partial charge in [-0.15, -0.1) is 0 Å². The lowest BCUT2D eigenvalue weighted by Crippen LogP contribution is -2.54. The number of alkyl halides is 3. The van der Waals surface area contributed by atoms with Gasteiger partial charge in [0.05, 0.1) is 11.3 Å². The molecule has 0 fully saturated rings. The molecule has 0 amide bonds. The Morgan fingerprint density at radius 2 is 1.77 bits per heavy atom. The van der Waals surface area contributed by atoms with Gasteiger partial charge in [0.25, 0.3) is 0 Å². The van der Waals surface area contributed by atoms with Crippen molar-refractivity contribution in [1.29, 1.82) is 0 Å². The summed E-state index contributed by atoms with van der Waals surface area (Å²) in [5, 5.41) is 2.36. The molecule has 0 aliphatic carbocycles. The zero-order valence-electron chi connectivity index (χ0n) is 11.6. The van der Waals surface area contributed by atoms with Gasteiger partial charge in [-0.05, 0) is 19.1 Å². The van der Waals surface area contributed by atoms with E-state index >= 15 is 0 Å². The Bertz CT molecular complexity index is 728. The Hall–Kier alpha value is -2.50. The predicted octanol–water partition coefficient (Wildman–Crippen LogP) is 3.99. The zero-order valence-corrected chi connectivity index (χ0v) is 11.6. The highest BCUT2D eigenvalue weighted by Gasteiger charge is 2.62. The molecule has 0 aromatic heterocycles. The molecular formula is C16H12F3NO2. The molecule has 0 spiro atoms. The first-order valence-electron chi connectivity index (χ1n) is 6.58. The number of carbonyl (C=O) groups is 1. The molecule has 2 aromatic rings. The van der Waals surface area contributed by atoms with E-state index < -0.39 is 17.9 Å². The summed E-state index contributed by atoms with van der Waals surface area (Å²) in [7, 11) is 0. The third kappa shape index (κ3) is 2.11. The van der Waals surface area contributed by atoms with Crippen molar-refractivity contribution < 1.29 is 22.7 Å². The number of benzene rings is 2. The maximum absolute atomic E-state index is 13.7. The highest BCUT2D eigenvalue weighted by molar-refractivity contribution is 5.98. The molecule has 3 nitrogen and oxygen atoms in total. The molecule has 114 valence electrons. The fourth-order valence-electron chi connectivity index (χ4n) is 2.44. The van der Waals surface area contributed by atoms with Crippen LogP contribution in [-0.2, 0) is 10.5 Å². The fraction of sp³-hybridized carbons (Fsp3) is 0.188. The van der Waals surface area contributed by atoms with E-state index in [2.05, 4.69) is 5.32 Å². The van der Waals surface area contributed by atoms with Gasteiger partial charge in [-0.3, -0.25) is 0 Å². The van der Waals surface area contributed by atoms with Crippen LogP contribution < -0.4 is 5.32 Å². The Kier molecular flexibility index (Phi) is 3.12. The van der Waals surface area contributed by atoms with Gasteiger partial charge in [0.2, 0.25) is 0 Å². The van der Waals surface area contributed by atoms with E-state index in [-0.39, 0.29) is 16.8 Å². The lowest BCUT2D eigenvalue weighted by atomic mass is 9.97. The molecule has 1 heterocycles. The van der Waals surface area contributed by atoms with Gasteiger partial charge in [-0.25, -0.2) is 4.79 Å². The van der Waals surface area contributed by atoms with Crippen molar-refractivity contribution in [2.24, 2.45) is 0 Å². The maximum Gasteiger partial charge on any atom is 0.453 e. The molecule has 0 radical (unpaired) electrons. The SMILES string of the molecule is Cc1ccc2c(c1)C(=O)O[C@@](c1ccccc1)(C(F)(F)F)N2. The molecule has 3 rings (SSSR count). The molecular weight excluding hydrogens is 295 g/mol. The van der Waals surface area contributed by atoms with Crippen LogP contribution >= 0.6 is 0 Å². The van der Waals surface area contributed by atoms with Gasteiger partial charge in [0.15, 0.2) is 0 Å². The van der Waals surface area contributed by atoms with E-state index in [1.54, 1.807) is 19.1 Å². The van der Waals surface area contributed by atoms with Crippen molar-refractivity contribution >= 4 is 11.7 Å². The Morgan fingerprint density at radius 1 is 1.09 bits per heavy atom. The van der Waals surface area contributed by atoms with Crippen LogP contribution in [0.1, 0.15) is 21.5 Å². The number of fused-ring (bicyclic) bond motifs is 1. The van der Waals surface area contributed by atoms with E-state index in [0.29, 0.717) is 0 Å². The normalized spacial score (nSPS) is 20.8. The number of esters is 1. The summed E-state index contributed by atoms with van der Waals surface area (Å²) >= 11 is 0. The number of cyclic esters (lactones) is 1. The van der Waals surface area contributed by atoms with Crippen LogP contribution in [0.4, 0.5) is 18.9 Å². The van der Waals surface area contributed by atoms with Crippen molar-refractivity contribution in [2.45, 2.75) is 18.8 Å². The van der Waals surface area contributed by atoms with Gasteiger partial charge in [0, 0.05) is 5.56 Å². The number of rotatable bonds is 1. The molecule has 1 aliphatic heterocycles. The molecule has 1 atom stereocenters. The lowest BCUT2D eigenvalue weighted by molar-refractivity contribution is -0.254. The summed E-state index contributed by atoms with van der Waals surface area (Å²) in [5.41, 5.74) is -2.11. The average molecular weight is 307 g/mol. The Balaban J connectivity index is 2.18. The maximum atomic E-state index is 13.7. The summed E-state index contributed by atoms with van der Waals surface area (Å²) in [6.07, 6.45) is -4.81. The molecule has 0 saturated carbocycles. The van der Waals surface area contributed by atoms with Crippen LogP contribution in [-0.4, -0.2) is 12.1 Å². The molecule has 6 heteroatoms. The van der Waals surface area contributed by atoms with Gasteiger partial charge in [-0.1, -0.05) is 42.0 Å². The number of hydrogen-bond acceptors (Lipinski definition) is 3. The summed E-state index contributed by atoms with van der Waals surface area (Å²) < 4.78 is 45.9. The molecule has 0 bridgehead atoms. The first-order valence-corrected chi connectivity index (χ1v) is 6.58. The minimum atomic E-state index is -4.81. The number of anilines is 1. The third-order valence-electron chi connectivity index (χ3n) is 3.53. The molecule has 0 saturated heterocycles. The van der Waals surface area contributed by atoms with Crippen LogP contribution in [0, 0.1) is 6.92 Å². The first-order chi connectivity index (χ1) is 10.3. The number of aryl methyl sites for hydroxylation is 1. The van der Waals surface area contributed by atoms with Crippen LogP contribution in [0.3, 0.4) is 0 Å². The Morgan fingerprint density at radius 3 is 2.41 bits per heavy atom. The largest absolute Gasteiger partial charge is 0.453 e. The van der Waals surface area contributed by atoms with Crippen molar-refractivity contribution in [1.82, 2.24) is 0 Å². The number of carbonyl (C=O) groups excluding carboxylic acids is 1. The van der Waals surface area contributed by atoms with Crippen molar-refractivity contribution in [3.05, 3.63) is 65.2 Å². The summed E-state index contributed by atoms with van der Waals surface area (Å²) in [6.45, 7) is 1.75. The summed E-state index contributed by atoms with van der Waals surface area (Å²) in [4.78, 5) is 12.1. The summed E-state index contributed by atoms with van der Waals surface area (Å²) in [5.74, 6) is -1.00. The predicted molar refractivity (Wildman–Crippen MR) is 74.4 cm³/mol. The number of halogens is 3. The number of nitrogens with one attached hydrogen (secondary N) is 1. The monoisotopic (exact) mass is 307 g/mol. The van der Waals surface area contributed by atoms with Gasteiger partial charge < -0.3 is 10.1 Å². The fourth-order valence-corrected chi connectivity index (χ4v) is 2.44. The third-order valence-corrected chi connectivity index (χ3v) is 3.53. The highest BCUT2D eigenvalue weighted by atomic mass is 19.4. The van der Waals surface area contributed by atoms with E-state index in [0.717, 1.165) is 5.56 Å². The second kappa shape index (κ2) is 4.76. The van der Waals surface area contributed by atoms with E-state index in [4.69, 9.17) is 4.74 Å². The van der Waals surface area contributed by atoms with Crippen LogP contribution in [0.15, 0.2) is 48.5 Å². The minimum Gasteiger partial charge on any atom is -0.421 e. The second-order valence-electron chi connectivity index (χ2n) is 5.11. The molecule has 0 unspecified atom stereocenters. The molecule has 22 heavy (non-hydrogen) atoms. The lowest BCUT2D eigenvalue weighted by Gasteiger charge is -2.40. The second-order valence-corrected chi connectivity index (χ2v) is 5.11. The quantitative estimate of drug-likeness (QED) is 0.810. The Labute approximate surface area is 124 Å². The van der Waals surface area contributed by atoms with Crippen LogP contribution in [0.2, 0.25) is 0 Å². The molecule has 2 aromatic carbocycles. The standard InChI is InChI=1S/C16H12F3NO2/c1-10-7-8-13-12(9-10)14(21)22-15(20-13,16(17,18)19)11-5-3-2-4-6-11/h2-9,20H,1H3/t15-/m0/s1. The van der Waals surface area contributed by atoms with E-state index in [1.807, 2.05) is 0 Å². The van der Waals surface area contributed by atoms with E-state index in [9.17, 15) is 18.0 Å². The molecule has 1 N–H and O–H groups in total. The average Bonchev–Trinajstić information content (AvgIpc) is 2.47. The first kappa shape index (κ1) is 14.4. The van der Waals surface area contributed by atoms with Crippen molar-refractivity contribution in [2.75, 3.05) is 5.32 Å². The van der Waals surface area contributed by atoms with Gasteiger partial charge >= 0.3 is 17.9 Å². The topological polar surface area (TPSA) is 38.3 Å². The van der Waals surface area contributed by atoms with E-state index in [1.165, 1.54) is 36.4 Å². The van der Waals surface area contributed by atoms with Gasteiger partial charge in [-0.2, -0.15) is 13.2 Å². The van der Waals surface area contributed by atoms with Crippen molar-refractivity contribution in [3.8, 4) is 0 Å². The smallest absolute Gasteiger partial charge is 0.421 e. The molecule has 1 aliphatic rings. The van der Waals surface area contributed by atoms with Crippen molar-refractivity contribution in [3.63, 3.8) is 0 Å². The number of ether oxygens (including phenoxy) is 1. The minimum absolute atomic E-state index is 0.0933. The van der Waals surface area contributed by atoms with Crippen LogP contribution in [0.5, 0.6) is 0 Å². The zero-order chi connectivity index (χ0) is 16.0. The van der Waals surface area contributed by atoms with Crippen LogP contribution in [0.25, 0.3) is 0 Å². The number of hydrogen-bond donors (Lipinski definition) is 1. The summed E-state index contributed by atoms with van der Waals surface area (Å²) in [6, 6.07) is 11.6.